The molecule has 1 N–H and O–H groups in total. The minimum absolute atomic E-state index is 0.0315. The van der Waals surface area contributed by atoms with Gasteiger partial charge in [-0.3, -0.25) is 9.78 Å². The standard InChI is InChI=1S/C20H23ClN2O/c1-14(2)18(15-5-3-12-22-13-15)23-19(24)20(10-4-11-20)16-6-8-17(21)9-7-16/h3,5-9,12-14,18H,4,10-11H2,1-2H3,(H,23,24)/t18-/m1/s1. The molecule has 3 rings (SSSR count). The van der Waals surface area contributed by atoms with Crippen molar-refractivity contribution in [2.24, 2.45) is 5.92 Å². The third kappa shape index (κ3) is 3.18. The van der Waals surface area contributed by atoms with Crippen LogP contribution < -0.4 is 5.32 Å². The monoisotopic (exact) mass is 342 g/mol. The van der Waals surface area contributed by atoms with Crippen molar-refractivity contribution < 1.29 is 4.79 Å². The molecule has 24 heavy (non-hydrogen) atoms. The van der Waals surface area contributed by atoms with Gasteiger partial charge in [-0.25, -0.2) is 0 Å². The van der Waals surface area contributed by atoms with Gasteiger partial charge in [0.1, 0.15) is 0 Å². The van der Waals surface area contributed by atoms with Crippen LogP contribution >= 0.6 is 11.6 Å². The summed E-state index contributed by atoms with van der Waals surface area (Å²) in [7, 11) is 0. The fourth-order valence-corrected chi connectivity index (χ4v) is 3.55. The van der Waals surface area contributed by atoms with E-state index in [0.29, 0.717) is 10.9 Å². The molecule has 0 radical (unpaired) electrons. The van der Waals surface area contributed by atoms with E-state index < -0.39 is 5.41 Å². The number of nitrogens with one attached hydrogen (secondary N) is 1. The summed E-state index contributed by atoms with van der Waals surface area (Å²) in [5.41, 5.74) is 1.69. The first-order chi connectivity index (χ1) is 11.5. The van der Waals surface area contributed by atoms with E-state index in [4.69, 9.17) is 11.6 Å². The zero-order valence-electron chi connectivity index (χ0n) is 14.1. The second-order valence-corrected chi connectivity index (χ2v) is 7.36. The number of carbonyl (C=O) groups excluding carboxylic acids is 1. The van der Waals surface area contributed by atoms with Crippen LogP contribution in [-0.2, 0) is 10.2 Å². The third-order valence-corrected chi connectivity index (χ3v) is 5.29. The molecule has 1 aromatic carbocycles. The summed E-state index contributed by atoms with van der Waals surface area (Å²) >= 11 is 6.00. The number of rotatable bonds is 5. The Kier molecular flexibility index (Phi) is 4.91. The molecule has 2 aromatic rings. The minimum Gasteiger partial charge on any atom is -0.348 e. The molecule has 3 nitrogen and oxygen atoms in total. The smallest absolute Gasteiger partial charge is 0.231 e. The van der Waals surface area contributed by atoms with E-state index in [0.717, 1.165) is 30.4 Å². The maximum absolute atomic E-state index is 13.2. The van der Waals surface area contributed by atoms with Crippen molar-refractivity contribution >= 4 is 17.5 Å². The third-order valence-electron chi connectivity index (χ3n) is 5.04. The summed E-state index contributed by atoms with van der Waals surface area (Å²) in [6.07, 6.45) is 6.44. The molecule has 1 aliphatic carbocycles. The lowest BCUT2D eigenvalue weighted by molar-refractivity contribution is -0.131. The van der Waals surface area contributed by atoms with Gasteiger partial charge < -0.3 is 5.32 Å². The molecule has 126 valence electrons. The lowest BCUT2D eigenvalue weighted by Gasteiger charge is -2.42. The SMILES string of the molecule is CC(C)[C@@H](NC(=O)C1(c2ccc(Cl)cc2)CCC1)c1cccnc1. The number of carbonyl (C=O) groups is 1. The fourth-order valence-electron chi connectivity index (χ4n) is 3.42. The maximum atomic E-state index is 13.2. The van der Waals surface area contributed by atoms with Crippen molar-refractivity contribution in [2.45, 2.75) is 44.6 Å². The van der Waals surface area contributed by atoms with Crippen molar-refractivity contribution in [3.63, 3.8) is 0 Å². The predicted molar refractivity (Wildman–Crippen MR) is 96.9 cm³/mol. The van der Waals surface area contributed by atoms with E-state index >= 15 is 0 Å². The van der Waals surface area contributed by atoms with Gasteiger partial charge in [0.25, 0.3) is 0 Å². The zero-order chi connectivity index (χ0) is 17.2. The summed E-state index contributed by atoms with van der Waals surface area (Å²) in [6.45, 7) is 4.24. The Morgan fingerprint density at radius 3 is 2.42 bits per heavy atom. The Balaban J connectivity index is 1.85. The Bertz CT molecular complexity index is 693. The molecule has 1 saturated carbocycles. The van der Waals surface area contributed by atoms with E-state index in [2.05, 4.69) is 24.1 Å². The number of hydrogen-bond donors (Lipinski definition) is 1. The van der Waals surface area contributed by atoms with Gasteiger partial charge in [0.05, 0.1) is 11.5 Å². The quantitative estimate of drug-likeness (QED) is 0.857. The Hall–Kier alpha value is -1.87. The first kappa shape index (κ1) is 17.0. The predicted octanol–water partition coefficient (Wildman–Crippen LogP) is 4.67. The van der Waals surface area contributed by atoms with Crippen LogP contribution in [0.4, 0.5) is 0 Å². The number of hydrogen-bond acceptors (Lipinski definition) is 2. The first-order valence-electron chi connectivity index (χ1n) is 8.50. The average Bonchev–Trinajstić information content (AvgIpc) is 2.54. The number of pyridine rings is 1. The van der Waals surface area contributed by atoms with Gasteiger partial charge in [0.15, 0.2) is 0 Å². The largest absolute Gasteiger partial charge is 0.348 e. The second-order valence-electron chi connectivity index (χ2n) is 6.92. The van der Waals surface area contributed by atoms with Gasteiger partial charge in [-0.2, -0.15) is 0 Å². The van der Waals surface area contributed by atoms with Crippen molar-refractivity contribution in [3.05, 3.63) is 64.9 Å². The van der Waals surface area contributed by atoms with Crippen LogP contribution in [0.15, 0.2) is 48.8 Å². The lowest BCUT2D eigenvalue weighted by atomic mass is 9.63. The molecule has 0 unspecified atom stereocenters. The highest BCUT2D eigenvalue weighted by molar-refractivity contribution is 6.30. The number of nitrogens with zero attached hydrogens (tertiary/aromatic N) is 1. The van der Waals surface area contributed by atoms with E-state index in [1.807, 2.05) is 42.6 Å². The molecule has 0 saturated heterocycles. The van der Waals surface area contributed by atoms with Crippen LogP contribution in [0.25, 0.3) is 0 Å². The molecule has 1 atom stereocenters. The Morgan fingerprint density at radius 2 is 1.92 bits per heavy atom. The van der Waals surface area contributed by atoms with Crippen molar-refractivity contribution in [3.8, 4) is 0 Å². The summed E-state index contributed by atoms with van der Waals surface area (Å²) in [5.74, 6) is 0.402. The summed E-state index contributed by atoms with van der Waals surface area (Å²) in [4.78, 5) is 17.3. The van der Waals surface area contributed by atoms with Crippen LogP contribution in [-0.4, -0.2) is 10.9 Å². The van der Waals surface area contributed by atoms with Gasteiger partial charge in [-0.05, 0) is 48.1 Å². The van der Waals surface area contributed by atoms with Gasteiger partial charge in [-0.1, -0.05) is 50.1 Å². The van der Waals surface area contributed by atoms with Crippen molar-refractivity contribution in [2.75, 3.05) is 0 Å². The summed E-state index contributed by atoms with van der Waals surface area (Å²) < 4.78 is 0. The highest BCUT2D eigenvalue weighted by Gasteiger charge is 2.46. The van der Waals surface area contributed by atoms with Crippen LogP contribution in [0.5, 0.6) is 0 Å². The zero-order valence-corrected chi connectivity index (χ0v) is 14.9. The average molecular weight is 343 g/mol. The van der Waals surface area contributed by atoms with E-state index in [1.165, 1.54) is 0 Å². The molecule has 1 fully saturated rings. The van der Waals surface area contributed by atoms with E-state index in [9.17, 15) is 4.79 Å². The van der Waals surface area contributed by atoms with Crippen LogP contribution in [0.2, 0.25) is 5.02 Å². The normalized spacial score (nSPS) is 17.2. The summed E-state index contributed by atoms with van der Waals surface area (Å²) in [5, 5.41) is 3.97. The van der Waals surface area contributed by atoms with Crippen molar-refractivity contribution in [1.82, 2.24) is 10.3 Å². The summed E-state index contributed by atoms with van der Waals surface area (Å²) in [6, 6.07) is 11.6. The van der Waals surface area contributed by atoms with Gasteiger partial charge in [0.2, 0.25) is 5.91 Å². The number of halogens is 1. The lowest BCUT2D eigenvalue weighted by Crippen LogP contribution is -2.50. The molecular weight excluding hydrogens is 320 g/mol. The number of aromatic nitrogens is 1. The maximum Gasteiger partial charge on any atom is 0.231 e. The highest BCUT2D eigenvalue weighted by Crippen LogP contribution is 2.44. The molecule has 1 amide bonds. The molecule has 0 bridgehead atoms. The van der Waals surface area contributed by atoms with Gasteiger partial charge in [0, 0.05) is 17.4 Å². The first-order valence-corrected chi connectivity index (χ1v) is 8.88. The molecule has 0 aliphatic heterocycles. The molecule has 4 heteroatoms. The minimum atomic E-state index is -0.417. The van der Waals surface area contributed by atoms with E-state index in [-0.39, 0.29) is 11.9 Å². The number of benzene rings is 1. The van der Waals surface area contributed by atoms with E-state index in [1.54, 1.807) is 6.20 Å². The van der Waals surface area contributed by atoms with Crippen LogP contribution in [0, 0.1) is 5.92 Å². The Morgan fingerprint density at radius 1 is 1.21 bits per heavy atom. The molecular formula is C20H23ClN2O. The highest BCUT2D eigenvalue weighted by atomic mass is 35.5. The second kappa shape index (κ2) is 6.94. The number of amides is 1. The van der Waals surface area contributed by atoms with Gasteiger partial charge in [-0.15, -0.1) is 0 Å². The fraction of sp³-hybridized carbons (Fsp3) is 0.400. The van der Waals surface area contributed by atoms with Crippen LogP contribution in [0.1, 0.15) is 50.3 Å². The van der Waals surface area contributed by atoms with Crippen molar-refractivity contribution in [1.29, 1.82) is 0 Å². The van der Waals surface area contributed by atoms with Gasteiger partial charge >= 0.3 is 0 Å². The molecule has 1 heterocycles. The topological polar surface area (TPSA) is 42.0 Å². The molecule has 1 aromatic heterocycles. The molecule has 0 spiro atoms. The van der Waals surface area contributed by atoms with Crippen LogP contribution in [0.3, 0.4) is 0 Å². The molecule has 1 aliphatic rings. The Labute approximate surface area is 148 Å².